The Hall–Kier alpha value is -2.04. The van der Waals surface area contributed by atoms with E-state index in [1.807, 2.05) is 56.9 Å². The Morgan fingerprint density at radius 2 is 1.70 bits per heavy atom. The van der Waals surface area contributed by atoms with Gasteiger partial charge in [0, 0.05) is 31.7 Å². The quantitative estimate of drug-likeness (QED) is 0.909. The van der Waals surface area contributed by atoms with Crippen molar-refractivity contribution in [3.63, 3.8) is 0 Å². The fourth-order valence-corrected chi connectivity index (χ4v) is 2.67. The van der Waals surface area contributed by atoms with Crippen LogP contribution in [0.2, 0.25) is 0 Å². The summed E-state index contributed by atoms with van der Waals surface area (Å²) in [7, 11) is 0. The van der Waals surface area contributed by atoms with Crippen LogP contribution in [-0.2, 0) is 11.2 Å². The lowest BCUT2D eigenvalue weighted by Gasteiger charge is -2.36. The molecule has 1 aliphatic heterocycles. The highest BCUT2D eigenvalue weighted by molar-refractivity contribution is 5.79. The Balaban J connectivity index is 1.84. The van der Waals surface area contributed by atoms with Crippen LogP contribution in [0.25, 0.3) is 0 Å². The predicted octanol–water partition coefficient (Wildman–Crippen LogP) is 2.19. The van der Waals surface area contributed by atoms with Gasteiger partial charge in [0.1, 0.15) is 0 Å². The highest BCUT2D eigenvalue weighted by Gasteiger charge is 2.26. The molecule has 1 aromatic rings. The van der Waals surface area contributed by atoms with Gasteiger partial charge in [-0.1, -0.05) is 29.8 Å². The molecule has 126 valence electrons. The normalized spacial score (nSPS) is 15.5. The first-order valence-electron chi connectivity index (χ1n) is 8.15. The van der Waals surface area contributed by atoms with Gasteiger partial charge < -0.3 is 15.1 Å². The number of benzene rings is 1. The number of piperazine rings is 1. The predicted molar refractivity (Wildman–Crippen MR) is 91.3 cm³/mol. The van der Waals surface area contributed by atoms with Crippen molar-refractivity contribution in [2.45, 2.75) is 39.7 Å². The molecule has 5 heteroatoms. The van der Waals surface area contributed by atoms with E-state index in [4.69, 9.17) is 0 Å². The van der Waals surface area contributed by atoms with Gasteiger partial charge in [-0.25, -0.2) is 4.79 Å². The molecular formula is C18H27N3O2. The van der Waals surface area contributed by atoms with Crippen molar-refractivity contribution < 1.29 is 9.59 Å². The number of nitrogens with one attached hydrogen (secondary N) is 1. The number of amides is 3. The summed E-state index contributed by atoms with van der Waals surface area (Å²) >= 11 is 0. The fourth-order valence-electron chi connectivity index (χ4n) is 2.67. The molecule has 0 atom stereocenters. The lowest BCUT2D eigenvalue weighted by molar-refractivity contribution is -0.131. The Bertz CT molecular complexity index is 570. The second kappa shape index (κ2) is 7.02. The van der Waals surface area contributed by atoms with Crippen LogP contribution < -0.4 is 5.32 Å². The highest BCUT2D eigenvalue weighted by Crippen LogP contribution is 2.10. The standard InChI is InChI=1S/C18H27N3O2/c1-14-6-5-7-15(12-14)13-16(22)20-8-10-21(11-9-20)17(23)19-18(2,3)4/h5-7,12H,8-11,13H2,1-4H3,(H,19,23). The van der Waals surface area contributed by atoms with Crippen LogP contribution in [0.3, 0.4) is 0 Å². The molecule has 2 rings (SSSR count). The van der Waals surface area contributed by atoms with Crippen molar-refractivity contribution in [1.29, 1.82) is 0 Å². The van der Waals surface area contributed by atoms with Gasteiger partial charge >= 0.3 is 6.03 Å². The number of rotatable bonds is 2. The van der Waals surface area contributed by atoms with Gasteiger partial charge in [-0.3, -0.25) is 4.79 Å². The third-order valence-corrected chi connectivity index (χ3v) is 3.84. The minimum atomic E-state index is -0.241. The first-order chi connectivity index (χ1) is 10.7. The monoisotopic (exact) mass is 317 g/mol. The Morgan fingerprint density at radius 1 is 1.09 bits per heavy atom. The lowest BCUT2D eigenvalue weighted by atomic mass is 10.1. The average molecular weight is 317 g/mol. The minimum absolute atomic E-state index is 0.0525. The first kappa shape index (κ1) is 17.3. The van der Waals surface area contributed by atoms with E-state index < -0.39 is 0 Å². The number of hydrogen-bond donors (Lipinski definition) is 1. The molecule has 0 unspecified atom stereocenters. The lowest BCUT2D eigenvalue weighted by Crippen LogP contribution is -2.56. The molecule has 1 heterocycles. The van der Waals surface area contributed by atoms with Gasteiger partial charge in [-0.05, 0) is 33.3 Å². The zero-order valence-corrected chi connectivity index (χ0v) is 14.6. The maximum atomic E-state index is 12.4. The van der Waals surface area contributed by atoms with Crippen LogP contribution >= 0.6 is 0 Å². The molecule has 0 aromatic heterocycles. The highest BCUT2D eigenvalue weighted by atomic mass is 16.2. The third-order valence-electron chi connectivity index (χ3n) is 3.84. The summed E-state index contributed by atoms with van der Waals surface area (Å²) in [6, 6.07) is 7.99. The van der Waals surface area contributed by atoms with E-state index in [-0.39, 0.29) is 17.5 Å². The second-order valence-corrected chi connectivity index (χ2v) is 7.21. The molecule has 3 amide bonds. The van der Waals surface area contributed by atoms with E-state index >= 15 is 0 Å². The minimum Gasteiger partial charge on any atom is -0.339 e. The van der Waals surface area contributed by atoms with E-state index in [0.29, 0.717) is 32.6 Å². The van der Waals surface area contributed by atoms with E-state index in [9.17, 15) is 9.59 Å². The molecule has 1 aliphatic rings. The maximum absolute atomic E-state index is 12.4. The molecule has 1 fully saturated rings. The van der Waals surface area contributed by atoms with E-state index in [1.54, 1.807) is 4.90 Å². The molecule has 0 spiro atoms. The van der Waals surface area contributed by atoms with Gasteiger partial charge in [-0.15, -0.1) is 0 Å². The Morgan fingerprint density at radius 3 is 2.26 bits per heavy atom. The Kier molecular flexibility index (Phi) is 5.29. The van der Waals surface area contributed by atoms with Crippen LogP contribution in [0.5, 0.6) is 0 Å². The van der Waals surface area contributed by atoms with Crippen LogP contribution in [0.4, 0.5) is 4.79 Å². The summed E-state index contributed by atoms with van der Waals surface area (Å²) in [6.45, 7) is 10.3. The van der Waals surface area contributed by atoms with Crippen molar-refractivity contribution in [1.82, 2.24) is 15.1 Å². The molecule has 0 saturated carbocycles. The van der Waals surface area contributed by atoms with Crippen molar-refractivity contribution in [2.24, 2.45) is 0 Å². The van der Waals surface area contributed by atoms with Crippen LogP contribution in [-0.4, -0.2) is 53.5 Å². The van der Waals surface area contributed by atoms with Gasteiger partial charge in [-0.2, -0.15) is 0 Å². The molecule has 1 aromatic carbocycles. The first-order valence-corrected chi connectivity index (χ1v) is 8.15. The third kappa shape index (κ3) is 5.27. The summed E-state index contributed by atoms with van der Waals surface area (Å²) < 4.78 is 0. The number of hydrogen-bond acceptors (Lipinski definition) is 2. The molecule has 23 heavy (non-hydrogen) atoms. The summed E-state index contributed by atoms with van der Waals surface area (Å²) in [5.41, 5.74) is 1.97. The topological polar surface area (TPSA) is 52.7 Å². The second-order valence-electron chi connectivity index (χ2n) is 7.21. The van der Waals surface area contributed by atoms with Gasteiger partial charge in [0.25, 0.3) is 0 Å². The van der Waals surface area contributed by atoms with E-state index in [0.717, 1.165) is 5.56 Å². The number of carbonyl (C=O) groups excluding carboxylic acids is 2. The average Bonchev–Trinajstić information content (AvgIpc) is 2.45. The Labute approximate surface area is 138 Å². The van der Waals surface area contributed by atoms with Crippen molar-refractivity contribution >= 4 is 11.9 Å². The zero-order chi connectivity index (χ0) is 17.0. The molecule has 0 radical (unpaired) electrons. The molecule has 1 N–H and O–H groups in total. The number of aryl methyl sites for hydroxylation is 1. The van der Waals surface area contributed by atoms with Crippen molar-refractivity contribution in [2.75, 3.05) is 26.2 Å². The molecule has 1 saturated heterocycles. The summed E-state index contributed by atoms with van der Waals surface area (Å²) in [6.07, 6.45) is 0.426. The molecule has 5 nitrogen and oxygen atoms in total. The number of nitrogens with zero attached hydrogens (tertiary/aromatic N) is 2. The largest absolute Gasteiger partial charge is 0.339 e. The fraction of sp³-hybridized carbons (Fsp3) is 0.556. The molecular weight excluding hydrogens is 290 g/mol. The summed E-state index contributed by atoms with van der Waals surface area (Å²) in [5.74, 6) is 0.131. The molecule has 0 aliphatic carbocycles. The van der Waals surface area contributed by atoms with Crippen molar-refractivity contribution in [3.8, 4) is 0 Å². The number of urea groups is 1. The van der Waals surface area contributed by atoms with E-state index in [2.05, 4.69) is 5.32 Å². The van der Waals surface area contributed by atoms with Crippen LogP contribution in [0, 0.1) is 6.92 Å². The van der Waals surface area contributed by atoms with Gasteiger partial charge in [0.15, 0.2) is 0 Å². The maximum Gasteiger partial charge on any atom is 0.317 e. The summed E-state index contributed by atoms with van der Waals surface area (Å²) in [5, 5.41) is 2.96. The summed E-state index contributed by atoms with van der Waals surface area (Å²) in [4.78, 5) is 28.2. The van der Waals surface area contributed by atoms with Crippen LogP contribution in [0.15, 0.2) is 24.3 Å². The zero-order valence-electron chi connectivity index (χ0n) is 14.6. The van der Waals surface area contributed by atoms with Crippen LogP contribution in [0.1, 0.15) is 31.9 Å². The smallest absolute Gasteiger partial charge is 0.317 e. The van der Waals surface area contributed by atoms with Gasteiger partial charge in [0.05, 0.1) is 6.42 Å². The number of carbonyl (C=O) groups is 2. The van der Waals surface area contributed by atoms with Crippen molar-refractivity contribution in [3.05, 3.63) is 35.4 Å². The van der Waals surface area contributed by atoms with E-state index in [1.165, 1.54) is 5.56 Å². The molecule has 0 bridgehead atoms. The SMILES string of the molecule is Cc1cccc(CC(=O)N2CCN(C(=O)NC(C)(C)C)CC2)c1. The van der Waals surface area contributed by atoms with Gasteiger partial charge in [0.2, 0.25) is 5.91 Å².